The van der Waals surface area contributed by atoms with E-state index in [-0.39, 0.29) is 11.9 Å². The fraction of sp³-hybridized carbons (Fsp3) is 0.250. The van der Waals surface area contributed by atoms with Gasteiger partial charge in [-0.25, -0.2) is 4.98 Å². The molecule has 0 N–H and O–H groups in total. The van der Waals surface area contributed by atoms with Gasteiger partial charge in [-0.1, -0.05) is 15.9 Å². The van der Waals surface area contributed by atoms with E-state index in [2.05, 4.69) is 20.9 Å². The Kier molecular flexibility index (Phi) is 4.96. The normalized spacial score (nSPS) is 10.5. The van der Waals surface area contributed by atoms with Crippen molar-refractivity contribution in [2.24, 2.45) is 0 Å². The Morgan fingerprint density at radius 2 is 1.86 bits per heavy atom. The summed E-state index contributed by atoms with van der Waals surface area (Å²) >= 11 is 3.37. The minimum Gasteiger partial charge on any atom is -0.439 e. The van der Waals surface area contributed by atoms with Crippen LogP contribution in [0.2, 0.25) is 0 Å². The van der Waals surface area contributed by atoms with E-state index in [0.29, 0.717) is 17.2 Å². The van der Waals surface area contributed by atoms with Crippen LogP contribution in [0.1, 0.15) is 24.2 Å². The number of pyridine rings is 1. The Balaban J connectivity index is 2.08. The number of hydrogen-bond acceptors (Lipinski definition) is 3. The maximum atomic E-state index is 12.1. The lowest BCUT2D eigenvalue weighted by Gasteiger charge is -2.21. The second kappa shape index (κ2) is 6.72. The lowest BCUT2D eigenvalue weighted by atomic mass is 10.2. The molecule has 1 aromatic heterocycles. The van der Waals surface area contributed by atoms with E-state index in [1.54, 1.807) is 24.1 Å². The summed E-state index contributed by atoms with van der Waals surface area (Å²) < 4.78 is 6.61. The quantitative estimate of drug-likeness (QED) is 0.834. The van der Waals surface area contributed by atoms with Crippen LogP contribution in [0, 0.1) is 0 Å². The second-order valence-corrected chi connectivity index (χ2v) is 5.87. The molecule has 0 radical (unpaired) electrons. The van der Waals surface area contributed by atoms with E-state index in [4.69, 9.17) is 4.74 Å². The van der Waals surface area contributed by atoms with Crippen molar-refractivity contribution in [3.05, 3.63) is 52.6 Å². The largest absolute Gasteiger partial charge is 0.439 e. The summed E-state index contributed by atoms with van der Waals surface area (Å²) in [6, 6.07) is 11.0. The van der Waals surface area contributed by atoms with Crippen LogP contribution in [0.4, 0.5) is 0 Å². The first-order chi connectivity index (χ1) is 9.97. The van der Waals surface area contributed by atoms with Crippen LogP contribution < -0.4 is 4.74 Å². The number of halogens is 1. The zero-order valence-electron chi connectivity index (χ0n) is 12.2. The van der Waals surface area contributed by atoms with Gasteiger partial charge in [0.05, 0.1) is 5.56 Å². The van der Waals surface area contributed by atoms with Crippen molar-refractivity contribution in [1.82, 2.24) is 9.88 Å². The highest BCUT2D eigenvalue weighted by Crippen LogP contribution is 2.21. The van der Waals surface area contributed by atoms with Gasteiger partial charge in [-0.05, 0) is 44.2 Å². The fourth-order valence-electron chi connectivity index (χ4n) is 1.63. The number of amides is 1. The highest BCUT2D eigenvalue weighted by Gasteiger charge is 2.14. The van der Waals surface area contributed by atoms with Crippen molar-refractivity contribution < 1.29 is 9.53 Å². The molecule has 1 heterocycles. The molecule has 0 fully saturated rings. The van der Waals surface area contributed by atoms with Gasteiger partial charge in [0.15, 0.2) is 0 Å². The predicted molar refractivity (Wildman–Crippen MR) is 85.7 cm³/mol. The molecule has 2 rings (SSSR count). The molecule has 0 aliphatic carbocycles. The van der Waals surface area contributed by atoms with Crippen LogP contribution in [0.25, 0.3) is 0 Å². The van der Waals surface area contributed by atoms with Gasteiger partial charge in [-0.15, -0.1) is 0 Å². The second-order valence-electron chi connectivity index (χ2n) is 4.95. The summed E-state index contributed by atoms with van der Waals surface area (Å²) in [5, 5.41) is 0. The molecule has 0 aliphatic heterocycles. The van der Waals surface area contributed by atoms with Gasteiger partial charge >= 0.3 is 0 Å². The number of benzene rings is 1. The maximum Gasteiger partial charge on any atom is 0.255 e. The van der Waals surface area contributed by atoms with E-state index in [1.807, 2.05) is 38.1 Å². The van der Waals surface area contributed by atoms with Crippen molar-refractivity contribution in [3.8, 4) is 11.6 Å². The van der Waals surface area contributed by atoms with E-state index >= 15 is 0 Å². The number of hydrogen-bond donors (Lipinski definition) is 0. The molecule has 21 heavy (non-hydrogen) atoms. The first kappa shape index (κ1) is 15.5. The molecule has 0 saturated carbocycles. The van der Waals surface area contributed by atoms with E-state index < -0.39 is 0 Å². The highest BCUT2D eigenvalue weighted by atomic mass is 79.9. The number of carbonyl (C=O) groups excluding carboxylic acids is 1. The molecule has 5 heteroatoms. The zero-order chi connectivity index (χ0) is 15.4. The first-order valence-corrected chi connectivity index (χ1v) is 7.43. The molecular weight excluding hydrogens is 332 g/mol. The Morgan fingerprint density at radius 3 is 2.38 bits per heavy atom. The highest BCUT2D eigenvalue weighted by molar-refractivity contribution is 9.10. The molecule has 0 atom stereocenters. The monoisotopic (exact) mass is 348 g/mol. The first-order valence-electron chi connectivity index (χ1n) is 6.64. The van der Waals surface area contributed by atoms with Gasteiger partial charge < -0.3 is 9.64 Å². The lowest BCUT2D eigenvalue weighted by molar-refractivity contribution is 0.0754. The number of ether oxygens (including phenoxy) is 1. The number of aromatic nitrogens is 1. The van der Waals surface area contributed by atoms with Gasteiger partial charge in [0.2, 0.25) is 5.88 Å². The van der Waals surface area contributed by atoms with Crippen LogP contribution in [0.3, 0.4) is 0 Å². The molecule has 1 amide bonds. The fourth-order valence-corrected chi connectivity index (χ4v) is 1.89. The molecule has 0 saturated heterocycles. The number of rotatable bonds is 4. The van der Waals surface area contributed by atoms with Gasteiger partial charge in [0.25, 0.3) is 5.91 Å². The summed E-state index contributed by atoms with van der Waals surface area (Å²) in [6.07, 6.45) is 1.54. The van der Waals surface area contributed by atoms with Crippen LogP contribution in [-0.4, -0.2) is 28.9 Å². The van der Waals surface area contributed by atoms with Crippen molar-refractivity contribution >= 4 is 21.8 Å². The van der Waals surface area contributed by atoms with Crippen LogP contribution in [-0.2, 0) is 0 Å². The summed E-state index contributed by atoms with van der Waals surface area (Å²) in [6.45, 7) is 3.94. The average Bonchev–Trinajstić information content (AvgIpc) is 2.49. The van der Waals surface area contributed by atoms with Crippen molar-refractivity contribution in [2.75, 3.05) is 7.05 Å². The molecule has 0 spiro atoms. The molecule has 110 valence electrons. The number of nitrogens with zero attached hydrogens (tertiary/aromatic N) is 2. The summed E-state index contributed by atoms with van der Waals surface area (Å²) in [4.78, 5) is 18.0. The topological polar surface area (TPSA) is 42.4 Å². The minimum absolute atomic E-state index is 0.0484. The predicted octanol–water partition coefficient (Wildman–Crippen LogP) is 4.12. The van der Waals surface area contributed by atoms with E-state index in [9.17, 15) is 4.79 Å². The van der Waals surface area contributed by atoms with Gasteiger partial charge in [-0.3, -0.25) is 4.79 Å². The summed E-state index contributed by atoms with van der Waals surface area (Å²) in [7, 11) is 1.78. The van der Waals surface area contributed by atoms with E-state index in [0.717, 1.165) is 4.47 Å². The smallest absolute Gasteiger partial charge is 0.255 e. The standard InChI is InChI=1S/C16H17BrN2O2/c1-11(2)19(3)16(20)12-4-9-15(18-10-12)21-14-7-5-13(17)6-8-14/h4-11H,1-3H3. The van der Waals surface area contributed by atoms with Crippen molar-refractivity contribution in [3.63, 3.8) is 0 Å². The number of carbonyl (C=O) groups is 1. The Labute approximate surface area is 132 Å². The minimum atomic E-state index is -0.0484. The molecule has 4 nitrogen and oxygen atoms in total. The van der Waals surface area contributed by atoms with Crippen LogP contribution in [0.15, 0.2) is 47.1 Å². The van der Waals surface area contributed by atoms with Crippen molar-refractivity contribution in [2.45, 2.75) is 19.9 Å². The third-order valence-corrected chi connectivity index (χ3v) is 3.64. The third kappa shape index (κ3) is 4.04. The van der Waals surface area contributed by atoms with Crippen LogP contribution in [0.5, 0.6) is 11.6 Å². The maximum absolute atomic E-state index is 12.1. The Bertz CT molecular complexity index is 609. The summed E-state index contributed by atoms with van der Waals surface area (Å²) in [5.41, 5.74) is 0.550. The molecule has 0 aliphatic rings. The molecular formula is C16H17BrN2O2. The van der Waals surface area contributed by atoms with E-state index in [1.165, 1.54) is 6.20 Å². The van der Waals surface area contributed by atoms with Crippen LogP contribution >= 0.6 is 15.9 Å². The van der Waals surface area contributed by atoms with Gasteiger partial charge in [-0.2, -0.15) is 0 Å². The molecule has 0 unspecified atom stereocenters. The Hall–Kier alpha value is -1.88. The summed E-state index contributed by atoms with van der Waals surface area (Å²) in [5.74, 6) is 1.11. The SMILES string of the molecule is CC(C)N(C)C(=O)c1ccc(Oc2ccc(Br)cc2)nc1. The molecule has 1 aromatic carbocycles. The molecule has 2 aromatic rings. The average molecular weight is 349 g/mol. The Morgan fingerprint density at radius 1 is 1.19 bits per heavy atom. The van der Waals surface area contributed by atoms with Gasteiger partial charge in [0, 0.05) is 29.8 Å². The lowest BCUT2D eigenvalue weighted by Crippen LogP contribution is -2.32. The third-order valence-electron chi connectivity index (χ3n) is 3.11. The van der Waals surface area contributed by atoms with Crippen molar-refractivity contribution in [1.29, 1.82) is 0 Å². The molecule has 0 bridgehead atoms. The van der Waals surface area contributed by atoms with Gasteiger partial charge in [0.1, 0.15) is 5.75 Å². The zero-order valence-corrected chi connectivity index (χ0v) is 13.8.